The third kappa shape index (κ3) is 6.05. The zero-order valence-corrected chi connectivity index (χ0v) is 22.2. The maximum atomic E-state index is 14.1. The molecule has 0 amide bonds. The molecule has 206 valence electrons. The fourth-order valence-corrected chi connectivity index (χ4v) is 5.45. The standard InChI is InChI=1S/C27H37F2N7O2/c1-34(11-14-37-2)20-9-7-19(8-10-20)18-30-27-32-23(35-12-15-38-16-13-35)17-24(33-27)36-22-6-4-3-5-21(22)31-26(36)25(28)29/h3-6,17,19-20,25H,7-16,18H2,1-2H3,(H,30,32,33)/t19-,20-. The van der Waals surface area contributed by atoms with Crippen molar-refractivity contribution in [3.8, 4) is 5.82 Å². The molecule has 0 spiro atoms. The van der Waals surface area contributed by atoms with Crippen molar-refractivity contribution in [3.05, 3.63) is 36.2 Å². The number of hydrogen-bond donors (Lipinski definition) is 1. The Hall–Kier alpha value is -2.89. The number of rotatable bonds is 10. The average molecular weight is 530 g/mol. The van der Waals surface area contributed by atoms with Gasteiger partial charge in [0.2, 0.25) is 5.95 Å². The normalized spacial score (nSPS) is 20.5. The maximum Gasteiger partial charge on any atom is 0.296 e. The van der Waals surface area contributed by atoms with Crippen LogP contribution in [0.25, 0.3) is 16.9 Å². The number of aromatic nitrogens is 4. The molecule has 0 unspecified atom stereocenters. The number of morpholine rings is 1. The van der Waals surface area contributed by atoms with Crippen molar-refractivity contribution >= 4 is 22.8 Å². The lowest BCUT2D eigenvalue weighted by Crippen LogP contribution is -2.38. The monoisotopic (exact) mass is 529 g/mol. The highest BCUT2D eigenvalue weighted by Crippen LogP contribution is 2.30. The zero-order valence-electron chi connectivity index (χ0n) is 22.2. The van der Waals surface area contributed by atoms with E-state index < -0.39 is 6.43 Å². The molecule has 1 N–H and O–H groups in total. The summed E-state index contributed by atoms with van der Waals surface area (Å²) in [5.74, 6) is 1.71. The fourth-order valence-electron chi connectivity index (χ4n) is 5.45. The van der Waals surface area contributed by atoms with Crippen LogP contribution in [0.3, 0.4) is 0 Å². The molecule has 1 aliphatic heterocycles. The lowest BCUT2D eigenvalue weighted by atomic mass is 9.85. The number of imidazole rings is 1. The van der Waals surface area contributed by atoms with Crippen LogP contribution >= 0.6 is 0 Å². The fraction of sp³-hybridized carbons (Fsp3) is 0.593. The van der Waals surface area contributed by atoms with Crippen LogP contribution in [0.15, 0.2) is 30.3 Å². The Bertz CT molecular complexity index is 1190. The first-order chi connectivity index (χ1) is 18.5. The Morgan fingerprint density at radius 3 is 2.55 bits per heavy atom. The molecular formula is C27H37F2N7O2. The van der Waals surface area contributed by atoms with Gasteiger partial charge >= 0.3 is 0 Å². The molecule has 2 aliphatic rings. The number of anilines is 2. The SMILES string of the molecule is COCCN(C)[C@H]1CC[C@H](CNc2nc(N3CCOCC3)cc(-n3c(C(F)F)nc4ccccc43)n2)CC1. The number of fused-ring (bicyclic) bond motifs is 1. The Morgan fingerprint density at radius 1 is 1.08 bits per heavy atom. The summed E-state index contributed by atoms with van der Waals surface area (Å²) in [5.41, 5.74) is 1.10. The van der Waals surface area contributed by atoms with E-state index in [1.807, 2.05) is 6.07 Å². The van der Waals surface area contributed by atoms with E-state index in [9.17, 15) is 8.78 Å². The van der Waals surface area contributed by atoms with E-state index in [2.05, 4.69) is 27.1 Å². The second-order valence-corrected chi connectivity index (χ2v) is 10.1. The molecule has 9 nitrogen and oxygen atoms in total. The van der Waals surface area contributed by atoms with Gasteiger partial charge in [0.1, 0.15) is 11.6 Å². The van der Waals surface area contributed by atoms with Crippen molar-refractivity contribution in [1.29, 1.82) is 0 Å². The highest BCUT2D eigenvalue weighted by Gasteiger charge is 2.26. The van der Waals surface area contributed by atoms with E-state index in [1.165, 1.54) is 4.57 Å². The average Bonchev–Trinajstić information content (AvgIpc) is 3.36. The van der Waals surface area contributed by atoms with Crippen LogP contribution in [-0.4, -0.2) is 90.6 Å². The van der Waals surface area contributed by atoms with Gasteiger partial charge in [-0.2, -0.15) is 9.97 Å². The highest BCUT2D eigenvalue weighted by molar-refractivity contribution is 5.78. The first-order valence-electron chi connectivity index (χ1n) is 13.4. The topological polar surface area (TPSA) is 80.6 Å². The third-order valence-corrected chi connectivity index (χ3v) is 7.68. The number of halogens is 2. The number of benzene rings is 1. The van der Waals surface area contributed by atoms with Crippen molar-refractivity contribution in [2.75, 3.05) is 70.4 Å². The second-order valence-electron chi connectivity index (χ2n) is 10.1. The number of ether oxygens (including phenoxy) is 2. The van der Waals surface area contributed by atoms with Crippen LogP contribution in [0.4, 0.5) is 20.5 Å². The van der Waals surface area contributed by atoms with E-state index in [1.54, 1.807) is 31.4 Å². The molecule has 1 saturated heterocycles. The summed E-state index contributed by atoms with van der Waals surface area (Å²) in [6.07, 6.45) is 1.79. The zero-order chi connectivity index (χ0) is 26.5. The molecule has 1 aromatic carbocycles. The number of hydrogen-bond acceptors (Lipinski definition) is 8. The van der Waals surface area contributed by atoms with Gasteiger partial charge in [0.15, 0.2) is 5.82 Å². The van der Waals surface area contributed by atoms with E-state index in [0.717, 1.165) is 45.4 Å². The minimum Gasteiger partial charge on any atom is -0.383 e. The summed E-state index contributed by atoms with van der Waals surface area (Å²) in [7, 11) is 3.91. The van der Waals surface area contributed by atoms with Crippen LogP contribution in [0.1, 0.15) is 37.9 Å². The highest BCUT2D eigenvalue weighted by atomic mass is 19.3. The molecule has 11 heteroatoms. The third-order valence-electron chi connectivity index (χ3n) is 7.68. The molecule has 1 saturated carbocycles. The number of likely N-dealkylation sites (N-methyl/N-ethyl adjacent to an activating group) is 1. The molecule has 2 aromatic heterocycles. The lowest BCUT2D eigenvalue weighted by Gasteiger charge is -2.34. The van der Waals surface area contributed by atoms with Gasteiger partial charge < -0.3 is 24.6 Å². The number of methoxy groups -OCH3 is 1. The van der Waals surface area contributed by atoms with Crippen molar-refractivity contribution in [1.82, 2.24) is 24.4 Å². The van der Waals surface area contributed by atoms with Gasteiger partial charge in [-0.25, -0.2) is 13.8 Å². The minimum absolute atomic E-state index is 0.320. The van der Waals surface area contributed by atoms with Crippen LogP contribution in [-0.2, 0) is 9.47 Å². The predicted octanol–water partition coefficient (Wildman–Crippen LogP) is 4.14. The van der Waals surface area contributed by atoms with E-state index in [-0.39, 0.29) is 5.82 Å². The predicted molar refractivity (Wildman–Crippen MR) is 143 cm³/mol. The Morgan fingerprint density at radius 2 is 1.82 bits per heavy atom. The maximum absolute atomic E-state index is 14.1. The molecule has 3 aromatic rings. The summed E-state index contributed by atoms with van der Waals surface area (Å²) < 4.78 is 40.3. The summed E-state index contributed by atoms with van der Waals surface area (Å²) in [6, 6.07) is 9.51. The van der Waals surface area contributed by atoms with Gasteiger partial charge in [-0.15, -0.1) is 0 Å². The molecule has 0 radical (unpaired) electrons. The molecule has 3 heterocycles. The van der Waals surface area contributed by atoms with Crippen LogP contribution < -0.4 is 10.2 Å². The molecule has 5 rings (SSSR count). The lowest BCUT2D eigenvalue weighted by molar-refractivity contribution is 0.114. The molecule has 0 atom stereocenters. The van der Waals surface area contributed by atoms with Gasteiger partial charge in [-0.05, 0) is 50.8 Å². The van der Waals surface area contributed by atoms with Crippen LogP contribution in [0.5, 0.6) is 0 Å². The van der Waals surface area contributed by atoms with Crippen molar-refractivity contribution in [3.63, 3.8) is 0 Å². The van der Waals surface area contributed by atoms with Crippen molar-refractivity contribution < 1.29 is 18.3 Å². The van der Waals surface area contributed by atoms with Gasteiger partial charge in [0.25, 0.3) is 6.43 Å². The van der Waals surface area contributed by atoms with Gasteiger partial charge in [0, 0.05) is 45.4 Å². The number of nitrogens with zero attached hydrogens (tertiary/aromatic N) is 6. The van der Waals surface area contributed by atoms with Crippen LogP contribution in [0, 0.1) is 5.92 Å². The Kier molecular flexibility index (Phi) is 8.65. The summed E-state index contributed by atoms with van der Waals surface area (Å²) in [4.78, 5) is 18.2. The quantitative estimate of drug-likeness (QED) is 0.420. The Labute approximate surface area is 222 Å². The van der Waals surface area contributed by atoms with Gasteiger partial charge in [0.05, 0.1) is 30.9 Å². The first-order valence-corrected chi connectivity index (χ1v) is 13.4. The molecular weight excluding hydrogens is 492 g/mol. The molecule has 0 bridgehead atoms. The molecule has 1 aliphatic carbocycles. The summed E-state index contributed by atoms with van der Waals surface area (Å²) in [5, 5.41) is 3.44. The van der Waals surface area contributed by atoms with E-state index >= 15 is 0 Å². The number of nitrogens with one attached hydrogen (secondary N) is 1. The van der Waals surface area contributed by atoms with Gasteiger partial charge in [-0.1, -0.05) is 12.1 Å². The number of alkyl halides is 2. The minimum atomic E-state index is -2.74. The second kappa shape index (κ2) is 12.3. The largest absolute Gasteiger partial charge is 0.383 e. The van der Waals surface area contributed by atoms with Crippen molar-refractivity contribution in [2.45, 2.75) is 38.2 Å². The van der Waals surface area contributed by atoms with E-state index in [4.69, 9.17) is 19.4 Å². The molecule has 38 heavy (non-hydrogen) atoms. The number of para-hydroxylation sites is 2. The molecule has 2 fully saturated rings. The summed E-state index contributed by atoms with van der Waals surface area (Å²) >= 11 is 0. The Balaban J connectivity index is 1.37. The smallest absolute Gasteiger partial charge is 0.296 e. The van der Waals surface area contributed by atoms with Gasteiger partial charge in [-0.3, -0.25) is 4.57 Å². The van der Waals surface area contributed by atoms with E-state index in [0.29, 0.717) is 66.9 Å². The summed E-state index contributed by atoms with van der Waals surface area (Å²) in [6.45, 7) is 4.99. The van der Waals surface area contributed by atoms with Crippen molar-refractivity contribution in [2.24, 2.45) is 5.92 Å². The first kappa shape index (κ1) is 26.7. The van der Waals surface area contributed by atoms with Crippen LogP contribution in [0.2, 0.25) is 0 Å².